The molecule has 0 aromatic heterocycles. The Morgan fingerprint density at radius 3 is 2.78 bits per heavy atom. The summed E-state index contributed by atoms with van der Waals surface area (Å²) in [6.07, 6.45) is 1.05. The minimum Gasteiger partial charge on any atom is -0.493 e. The average molecular weight is 367 g/mol. The molecule has 0 spiro atoms. The summed E-state index contributed by atoms with van der Waals surface area (Å²) in [6.45, 7) is 5.98. The summed E-state index contributed by atoms with van der Waals surface area (Å²) in [6, 6.07) is 15.0. The maximum atomic E-state index is 12.5. The Balaban J connectivity index is 1.75. The third-order valence-corrected chi connectivity index (χ3v) is 5.81. The van der Waals surface area contributed by atoms with Crippen molar-refractivity contribution in [3.05, 3.63) is 59.2 Å². The molecule has 1 saturated heterocycles. The van der Waals surface area contributed by atoms with E-state index in [1.165, 1.54) is 16.0 Å². The molecule has 2 aliphatic heterocycles. The van der Waals surface area contributed by atoms with Crippen molar-refractivity contribution in [3.8, 4) is 11.5 Å². The van der Waals surface area contributed by atoms with E-state index in [1.807, 2.05) is 24.0 Å². The monoisotopic (exact) mass is 367 g/mol. The van der Waals surface area contributed by atoms with Crippen molar-refractivity contribution >= 4 is 5.91 Å². The summed E-state index contributed by atoms with van der Waals surface area (Å²) >= 11 is 0. The van der Waals surface area contributed by atoms with Crippen LogP contribution in [0.3, 0.4) is 0 Å². The van der Waals surface area contributed by atoms with Gasteiger partial charge in [-0.25, -0.2) is 0 Å². The molecular weight excluding hydrogens is 340 g/mol. The highest BCUT2D eigenvalue weighted by molar-refractivity contribution is 5.74. The molecule has 5 nitrogen and oxygen atoms in total. The van der Waals surface area contributed by atoms with Crippen molar-refractivity contribution in [2.75, 3.05) is 26.8 Å². The van der Waals surface area contributed by atoms with Crippen LogP contribution >= 0.6 is 0 Å². The van der Waals surface area contributed by atoms with Gasteiger partial charge >= 0.3 is 0 Å². The van der Waals surface area contributed by atoms with E-state index >= 15 is 0 Å². The van der Waals surface area contributed by atoms with Crippen molar-refractivity contribution in [2.45, 2.75) is 32.5 Å². The van der Waals surface area contributed by atoms with E-state index < -0.39 is 0 Å². The predicted molar refractivity (Wildman–Crippen MR) is 103 cm³/mol. The number of hydrogen-bond acceptors (Lipinski definition) is 3. The molecule has 0 saturated carbocycles. The lowest BCUT2D eigenvalue weighted by Gasteiger charge is -2.32. The van der Waals surface area contributed by atoms with Gasteiger partial charge in [0.15, 0.2) is 17.7 Å². The number of amides is 1. The maximum absolute atomic E-state index is 12.5. The number of nitrogens with one attached hydrogen (secondary N) is 1. The van der Waals surface area contributed by atoms with Crippen LogP contribution in [0, 0.1) is 0 Å². The summed E-state index contributed by atoms with van der Waals surface area (Å²) in [5, 5.41) is 0. The second kappa shape index (κ2) is 7.24. The molecule has 2 aromatic rings. The first-order valence-corrected chi connectivity index (χ1v) is 9.65. The number of quaternary nitrogens is 1. The molecular formula is C22H27N2O3+. The van der Waals surface area contributed by atoms with Crippen LogP contribution in [-0.2, 0) is 11.2 Å². The van der Waals surface area contributed by atoms with Crippen molar-refractivity contribution < 1.29 is 19.2 Å². The molecule has 1 N–H and O–H groups in total. The highest BCUT2D eigenvalue weighted by Gasteiger charge is 2.48. The number of methoxy groups -OCH3 is 1. The van der Waals surface area contributed by atoms with Gasteiger partial charge in [-0.3, -0.25) is 9.69 Å². The first-order chi connectivity index (χ1) is 13.1. The Bertz CT molecular complexity index is 851. The number of ether oxygens (including phenoxy) is 2. The van der Waals surface area contributed by atoms with Crippen LogP contribution in [0.5, 0.6) is 11.5 Å². The third kappa shape index (κ3) is 3.06. The normalized spacial score (nSPS) is 23.5. The van der Waals surface area contributed by atoms with Crippen molar-refractivity contribution in [1.82, 2.24) is 4.90 Å². The minimum atomic E-state index is 0.00553. The summed E-state index contributed by atoms with van der Waals surface area (Å²) in [5.41, 5.74) is 3.90. The summed E-state index contributed by atoms with van der Waals surface area (Å²) in [5.74, 6) is 1.58. The highest BCUT2D eigenvalue weighted by Crippen LogP contribution is 2.35. The predicted octanol–water partition coefficient (Wildman–Crippen LogP) is 2.14. The third-order valence-electron chi connectivity index (χ3n) is 5.81. The number of benzene rings is 2. The van der Waals surface area contributed by atoms with E-state index in [4.69, 9.17) is 9.47 Å². The number of rotatable bonds is 4. The topological polar surface area (TPSA) is 43.2 Å². The average Bonchev–Trinajstić information content (AvgIpc) is 3.08. The number of hydrogen-bond donors (Lipinski definition) is 1. The lowest BCUT2D eigenvalue weighted by Crippen LogP contribution is -3.12. The van der Waals surface area contributed by atoms with Gasteiger partial charge in [0.2, 0.25) is 5.91 Å². The molecule has 1 amide bonds. The molecule has 2 aliphatic rings. The van der Waals surface area contributed by atoms with E-state index in [-0.39, 0.29) is 12.1 Å². The molecule has 2 heterocycles. The van der Waals surface area contributed by atoms with Crippen LogP contribution in [0.1, 0.15) is 42.7 Å². The van der Waals surface area contributed by atoms with E-state index in [0.29, 0.717) is 12.6 Å². The summed E-state index contributed by atoms with van der Waals surface area (Å²) in [4.78, 5) is 15.9. The van der Waals surface area contributed by atoms with Crippen molar-refractivity contribution in [1.29, 1.82) is 0 Å². The zero-order chi connectivity index (χ0) is 19.0. The molecule has 27 heavy (non-hydrogen) atoms. The fraction of sp³-hybridized carbons (Fsp3) is 0.409. The van der Waals surface area contributed by atoms with Crippen LogP contribution in [0.4, 0.5) is 0 Å². The first kappa shape index (κ1) is 17.9. The summed E-state index contributed by atoms with van der Waals surface area (Å²) in [7, 11) is 1.65. The van der Waals surface area contributed by atoms with E-state index in [0.717, 1.165) is 36.6 Å². The second-order valence-electron chi connectivity index (χ2n) is 7.24. The van der Waals surface area contributed by atoms with E-state index in [1.54, 1.807) is 14.0 Å². The van der Waals surface area contributed by atoms with Gasteiger partial charge in [-0.15, -0.1) is 0 Å². The van der Waals surface area contributed by atoms with Gasteiger partial charge in [0.05, 0.1) is 26.8 Å². The zero-order valence-electron chi connectivity index (χ0n) is 16.2. The van der Waals surface area contributed by atoms with Gasteiger partial charge in [0.1, 0.15) is 6.04 Å². The second-order valence-corrected chi connectivity index (χ2v) is 7.24. The molecule has 0 bridgehead atoms. The smallest absolute Gasteiger partial charge is 0.224 e. The first-order valence-electron chi connectivity index (χ1n) is 9.65. The van der Waals surface area contributed by atoms with Crippen LogP contribution in [-0.4, -0.2) is 37.6 Å². The van der Waals surface area contributed by atoms with Crippen molar-refractivity contribution in [3.63, 3.8) is 0 Å². The molecule has 1 unspecified atom stereocenters. The summed E-state index contributed by atoms with van der Waals surface area (Å²) < 4.78 is 11.2. The molecule has 5 heteroatoms. The number of fused-ring (bicyclic) bond motifs is 3. The maximum Gasteiger partial charge on any atom is 0.224 e. The molecule has 142 valence electrons. The standard InChI is InChI=1S/C22H26N2O3/c1-4-27-21-13-17(9-10-20(21)26-3)22-23-12-11-16-7-5-6-8-18(16)19(23)14-24(22)15(2)25/h5-10,13,19,22H,4,11-12,14H2,1-3H3/p+1/t19-,22-/m0/s1. The lowest BCUT2D eigenvalue weighted by molar-refractivity contribution is -0.954. The van der Waals surface area contributed by atoms with Crippen LogP contribution in [0.2, 0.25) is 0 Å². The SMILES string of the molecule is CCOc1cc([C@@H]2N(C(C)=O)C[C@H]3c4ccccc4CC[NH+]23)ccc1OC. The number of nitrogens with zero attached hydrogens (tertiary/aromatic N) is 1. The molecule has 0 aliphatic carbocycles. The van der Waals surface area contributed by atoms with Gasteiger partial charge in [0, 0.05) is 24.5 Å². The lowest BCUT2D eigenvalue weighted by atomic mass is 9.93. The zero-order valence-corrected chi connectivity index (χ0v) is 16.2. The fourth-order valence-corrected chi connectivity index (χ4v) is 4.64. The Labute approximate surface area is 160 Å². The minimum absolute atomic E-state index is 0.00553. The van der Waals surface area contributed by atoms with E-state index in [9.17, 15) is 4.79 Å². The van der Waals surface area contributed by atoms with Crippen LogP contribution in [0.25, 0.3) is 0 Å². The Morgan fingerprint density at radius 2 is 2.04 bits per heavy atom. The van der Waals surface area contributed by atoms with Gasteiger partial charge < -0.3 is 14.4 Å². The number of carbonyl (C=O) groups excluding carboxylic acids is 1. The molecule has 2 aromatic carbocycles. The Morgan fingerprint density at radius 1 is 1.22 bits per heavy atom. The Kier molecular flexibility index (Phi) is 4.79. The van der Waals surface area contributed by atoms with Gasteiger partial charge in [-0.05, 0) is 30.7 Å². The molecule has 1 fully saturated rings. The number of carbonyl (C=O) groups is 1. The molecule has 0 radical (unpaired) electrons. The highest BCUT2D eigenvalue weighted by atomic mass is 16.5. The fourth-order valence-electron chi connectivity index (χ4n) is 4.64. The largest absolute Gasteiger partial charge is 0.493 e. The van der Waals surface area contributed by atoms with Crippen molar-refractivity contribution in [2.24, 2.45) is 0 Å². The van der Waals surface area contributed by atoms with E-state index in [2.05, 4.69) is 30.3 Å². The van der Waals surface area contributed by atoms with Gasteiger partial charge in [-0.1, -0.05) is 24.3 Å². The Hall–Kier alpha value is -2.53. The van der Waals surface area contributed by atoms with Crippen LogP contribution < -0.4 is 14.4 Å². The molecule has 4 rings (SSSR count). The van der Waals surface area contributed by atoms with Gasteiger partial charge in [-0.2, -0.15) is 0 Å². The van der Waals surface area contributed by atoms with Gasteiger partial charge in [0.25, 0.3) is 0 Å². The quantitative estimate of drug-likeness (QED) is 0.900. The molecule has 3 atom stereocenters. The van der Waals surface area contributed by atoms with Crippen LogP contribution in [0.15, 0.2) is 42.5 Å².